The number of thiol groups is 2. The Balaban J connectivity index is 3.76. The fourth-order valence-electron chi connectivity index (χ4n) is 0.375. The summed E-state index contributed by atoms with van der Waals surface area (Å²) in [4.78, 5) is 10.6. The molecule has 10 heavy (non-hydrogen) atoms. The maximum Gasteiger partial charge on any atom is 0.307 e. The summed E-state index contributed by atoms with van der Waals surface area (Å²) in [5, 5.41) is 0. The van der Waals surface area contributed by atoms with Gasteiger partial charge >= 0.3 is 5.97 Å². The largest absolute Gasteiger partial charge is 0.469 e. The van der Waals surface area contributed by atoms with Crippen LogP contribution in [0.15, 0.2) is 0 Å². The quantitative estimate of drug-likeness (QED) is 0.328. The number of carbonyl (C=O) groups excluding carboxylic acids is 1. The van der Waals surface area contributed by atoms with E-state index in [1.807, 2.05) is 0 Å². The third-order valence-corrected chi connectivity index (χ3v) is 1.66. The van der Waals surface area contributed by atoms with E-state index in [9.17, 15) is 4.79 Å². The first kappa shape index (κ1) is 10.1. The predicted octanol–water partition coefficient (Wildman–Crippen LogP) is 0.0641. The van der Waals surface area contributed by atoms with Crippen LogP contribution in [0.3, 0.4) is 0 Å². The molecule has 0 spiro atoms. The van der Waals surface area contributed by atoms with E-state index in [1.165, 1.54) is 7.11 Å². The van der Waals surface area contributed by atoms with Crippen LogP contribution in [-0.2, 0) is 9.53 Å². The molecule has 0 bridgehead atoms. The Bertz CT molecular complexity index is 127. The number of nitrogens with two attached hydrogens (primary N) is 1. The molecular formula is C5H11NO2S2. The summed E-state index contributed by atoms with van der Waals surface area (Å²) in [6, 6.07) is 0. The normalized spacial score (nSPS) is 11.2. The second-order valence-electron chi connectivity index (χ2n) is 1.94. The van der Waals surface area contributed by atoms with Gasteiger partial charge in [-0.1, -0.05) is 0 Å². The van der Waals surface area contributed by atoms with Crippen molar-refractivity contribution in [2.45, 2.75) is 10.5 Å². The van der Waals surface area contributed by atoms with E-state index in [4.69, 9.17) is 5.73 Å². The lowest BCUT2D eigenvalue weighted by Gasteiger charge is -2.17. The summed E-state index contributed by atoms with van der Waals surface area (Å²) in [6.07, 6.45) is 0.117. The maximum absolute atomic E-state index is 10.6. The highest BCUT2D eigenvalue weighted by atomic mass is 32.2. The Labute approximate surface area is 71.1 Å². The number of carbonyl (C=O) groups is 1. The molecule has 0 unspecified atom stereocenters. The first-order valence-corrected chi connectivity index (χ1v) is 3.63. The molecule has 60 valence electrons. The van der Waals surface area contributed by atoms with Crippen LogP contribution in [0.4, 0.5) is 0 Å². The van der Waals surface area contributed by atoms with Crippen LogP contribution in [0.2, 0.25) is 0 Å². The second-order valence-corrected chi connectivity index (χ2v) is 4.00. The van der Waals surface area contributed by atoms with Crippen LogP contribution in [0.25, 0.3) is 0 Å². The minimum absolute atomic E-state index is 0.117. The first-order chi connectivity index (χ1) is 4.52. The van der Waals surface area contributed by atoms with Gasteiger partial charge in [0.1, 0.15) is 0 Å². The summed E-state index contributed by atoms with van der Waals surface area (Å²) in [7, 11) is 1.32. The molecule has 0 heterocycles. The highest BCUT2D eigenvalue weighted by molar-refractivity contribution is 8.00. The number of hydrogen-bond acceptors (Lipinski definition) is 5. The van der Waals surface area contributed by atoms with E-state index in [0.29, 0.717) is 0 Å². The fourth-order valence-corrected chi connectivity index (χ4v) is 0.634. The fraction of sp³-hybridized carbons (Fsp3) is 0.800. The first-order valence-electron chi connectivity index (χ1n) is 2.73. The lowest BCUT2D eigenvalue weighted by molar-refractivity contribution is -0.140. The Morgan fingerprint density at radius 3 is 2.50 bits per heavy atom. The Hall–Kier alpha value is 0.130. The Morgan fingerprint density at radius 1 is 1.70 bits per heavy atom. The van der Waals surface area contributed by atoms with Gasteiger partial charge in [-0.3, -0.25) is 4.79 Å². The molecule has 0 atom stereocenters. The summed E-state index contributed by atoms with van der Waals surface area (Å²) >= 11 is 8.04. The van der Waals surface area contributed by atoms with Gasteiger partial charge in [-0.25, -0.2) is 0 Å². The zero-order valence-electron chi connectivity index (χ0n) is 5.70. The average Bonchev–Trinajstić information content (AvgIpc) is 1.87. The minimum Gasteiger partial charge on any atom is -0.469 e. The third kappa shape index (κ3) is 4.03. The van der Waals surface area contributed by atoms with E-state index in [2.05, 4.69) is 30.0 Å². The standard InChI is InChI=1S/C5H11NO2S2/c1-8-4(7)2-5(9,10)3-6/h9-10H,2-3,6H2,1H3. The van der Waals surface area contributed by atoms with E-state index < -0.39 is 4.08 Å². The summed E-state index contributed by atoms with van der Waals surface area (Å²) in [5.74, 6) is -0.351. The molecule has 0 aliphatic carbocycles. The average molecular weight is 181 g/mol. The van der Waals surface area contributed by atoms with Crippen LogP contribution in [0.5, 0.6) is 0 Å². The van der Waals surface area contributed by atoms with Crippen LogP contribution in [0, 0.1) is 0 Å². The number of ether oxygens (including phenoxy) is 1. The van der Waals surface area contributed by atoms with Crippen molar-refractivity contribution in [2.75, 3.05) is 13.7 Å². The molecule has 0 rings (SSSR count). The molecule has 0 fully saturated rings. The molecule has 0 amide bonds. The van der Waals surface area contributed by atoms with E-state index in [1.54, 1.807) is 0 Å². The zero-order valence-corrected chi connectivity index (χ0v) is 7.49. The topological polar surface area (TPSA) is 52.3 Å². The lowest BCUT2D eigenvalue weighted by atomic mass is 10.3. The molecule has 0 aliphatic rings. The molecule has 0 saturated heterocycles. The van der Waals surface area contributed by atoms with Crippen molar-refractivity contribution in [3.63, 3.8) is 0 Å². The van der Waals surface area contributed by atoms with Gasteiger partial charge in [0.25, 0.3) is 0 Å². The SMILES string of the molecule is COC(=O)CC(S)(S)CN. The zero-order chi connectivity index (χ0) is 8.20. The monoisotopic (exact) mass is 181 g/mol. The molecule has 0 aromatic heterocycles. The molecule has 0 aliphatic heterocycles. The summed E-state index contributed by atoms with van der Waals surface area (Å²) in [6.45, 7) is 0.230. The molecule has 2 N–H and O–H groups in total. The van der Waals surface area contributed by atoms with Gasteiger partial charge in [-0.15, -0.1) is 0 Å². The Morgan fingerprint density at radius 2 is 2.20 bits per heavy atom. The summed E-state index contributed by atoms with van der Waals surface area (Å²) < 4.78 is 3.65. The van der Waals surface area contributed by atoms with Gasteiger partial charge in [0, 0.05) is 6.54 Å². The van der Waals surface area contributed by atoms with E-state index in [-0.39, 0.29) is 18.9 Å². The number of esters is 1. The maximum atomic E-state index is 10.6. The molecule has 0 aromatic carbocycles. The van der Waals surface area contributed by atoms with Crippen molar-refractivity contribution in [2.24, 2.45) is 5.73 Å². The van der Waals surface area contributed by atoms with Crippen LogP contribution >= 0.6 is 25.3 Å². The molecule has 3 nitrogen and oxygen atoms in total. The van der Waals surface area contributed by atoms with Gasteiger partial charge < -0.3 is 10.5 Å². The highest BCUT2D eigenvalue weighted by Crippen LogP contribution is 2.22. The van der Waals surface area contributed by atoms with Crippen molar-refractivity contribution in [3.8, 4) is 0 Å². The predicted molar refractivity (Wildman–Crippen MR) is 46.4 cm³/mol. The van der Waals surface area contributed by atoms with E-state index in [0.717, 1.165) is 0 Å². The number of hydrogen-bond donors (Lipinski definition) is 3. The highest BCUT2D eigenvalue weighted by Gasteiger charge is 2.22. The van der Waals surface area contributed by atoms with Crippen molar-refractivity contribution in [1.82, 2.24) is 0 Å². The van der Waals surface area contributed by atoms with Crippen molar-refractivity contribution in [3.05, 3.63) is 0 Å². The summed E-state index contributed by atoms with van der Waals surface area (Å²) in [5.41, 5.74) is 5.25. The van der Waals surface area contributed by atoms with Gasteiger partial charge in [0.2, 0.25) is 0 Å². The van der Waals surface area contributed by atoms with Crippen LogP contribution < -0.4 is 5.73 Å². The molecular weight excluding hydrogens is 170 g/mol. The van der Waals surface area contributed by atoms with Gasteiger partial charge in [-0.05, 0) is 0 Å². The smallest absolute Gasteiger partial charge is 0.307 e. The molecule has 5 heteroatoms. The van der Waals surface area contributed by atoms with E-state index >= 15 is 0 Å². The molecule has 0 saturated carbocycles. The van der Waals surface area contributed by atoms with Crippen LogP contribution in [0.1, 0.15) is 6.42 Å². The number of rotatable bonds is 3. The number of methoxy groups -OCH3 is 1. The van der Waals surface area contributed by atoms with Gasteiger partial charge in [0.05, 0.1) is 17.6 Å². The van der Waals surface area contributed by atoms with Gasteiger partial charge in [0.15, 0.2) is 0 Å². The molecule has 0 radical (unpaired) electrons. The van der Waals surface area contributed by atoms with Crippen molar-refractivity contribution < 1.29 is 9.53 Å². The van der Waals surface area contributed by atoms with Crippen LogP contribution in [-0.4, -0.2) is 23.7 Å². The van der Waals surface area contributed by atoms with Crippen molar-refractivity contribution >= 4 is 31.2 Å². The Kier molecular flexibility index (Phi) is 4.15. The second kappa shape index (κ2) is 4.10. The molecule has 0 aromatic rings. The lowest BCUT2D eigenvalue weighted by Crippen LogP contribution is -2.29. The van der Waals surface area contributed by atoms with Crippen molar-refractivity contribution in [1.29, 1.82) is 0 Å². The minimum atomic E-state index is -0.743. The third-order valence-electron chi connectivity index (χ3n) is 0.982. The van der Waals surface area contributed by atoms with Gasteiger partial charge in [-0.2, -0.15) is 25.3 Å².